The van der Waals surface area contributed by atoms with Crippen molar-refractivity contribution in [1.82, 2.24) is 4.90 Å². The summed E-state index contributed by atoms with van der Waals surface area (Å²) in [6, 6.07) is 9.29. The third-order valence-electron chi connectivity index (χ3n) is 4.82. The summed E-state index contributed by atoms with van der Waals surface area (Å²) in [7, 11) is -3.69. The molecule has 3 rings (SSSR count). The van der Waals surface area contributed by atoms with Crippen LogP contribution in [-0.4, -0.2) is 38.2 Å². The van der Waals surface area contributed by atoms with Crippen LogP contribution in [0.2, 0.25) is 0 Å². The van der Waals surface area contributed by atoms with E-state index in [2.05, 4.69) is 4.90 Å². The van der Waals surface area contributed by atoms with E-state index in [1.807, 2.05) is 0 Å². The molecule has 0 atom stereocenters. The molecule has 148 valence electrons. The zero-order valence-electron chi connectivity index (χ0n) is 14.6. The van der Waals surface area contributed by atoms with E-state index < -0.39 is 32.5 Å². The summed E-state index contributed by atoms with van der Waals surface area (Å²) in [5.74, 6) is -2.45. The van der Waals surface area contributed by atoms with E-state index in [9.17, 15) is 21.6 Å². The first-order valence-electron chi connectivity index (χ1n) is 8.52. The van der Waals surface area contributed by atoms with Crippen LogP contribution in [0.4, 0.5) is 13.2 Å². The Morgan fingerprint density at radius 2 is 1.59 bits per heavy atom. The van der Waals surface area contributed by atoms with Crippen LogP contribution in [0.25, 0.3) is 0 Å². The van der Waals surface area contributed by atoms with E-state index in [1.54, 1.807) is 6.07 Å². The molecule has 0 radical (unpaired) electrons. The molecule has 1 saturated heterocycles. The number of piperidine rings is 1. The van der Waals surface area contributed by atoms with Gasteiger partial charge in [-0.2, -0.15) is 0 Å². The van der Waals surface area contributed by atoms with Gasteiger partial charge < -0.3 is 4.90 Å². The van der Waals surface area contributed by atoms with Gasteiger partial charge in [-0.1, -0.05) is 18.2 Å². The summed E-state index contributed by atoms with van der Waals surface area (Å²) >= 11 is 0. The number of benzene rings is 2. The van der Waals surface area contributed by atoms with E-state index in [0.717, 1.165) is 12.1 Å². The maximum Gasteiger partial charge on any atom is 0.184 e. The normalized spacial score (nSPS) is 16.1. The molecule has 3 nitrogen and oxygen atoms in total. The molecule has 8 heteroatoms. The Morgan fingerprint density at radius 1 is 0.926 bits per heavy atom. The van der Waals surface area contributed by atoms with Crippen molar-refractivity contribution in [2.24, 2.45) is 0 Å². The van der Waals surface area contributed by atoms with Crippen LogP contribution in [0.3, 0.4) is 0 Å². The number of halogens is 4. The quantitative estimate of drug-likeness (QED) is 0.735. The van der Waals surface area contributed by atoms with Crippen LogP contribution < -0.4 is 0 Å². The highest BCUT2D eigenvalue weighted by molar-refractivity contribution is 7.92. The fourth-order valence-corrected chi connectivity index (χ4v) is 5.08. The minimum atomic E-state index is -3.69. The molecular formula is C19H21ClF3NO2S. The molecule has 0 spiro atoms. The summed E-state index contributed by atoms with van der Waals surface area (Å²) in [4.78, 5) is 1.86. The van der Waals surface area contributed by atoms with Gasteiger partial charge in [0.25, 0.3) is 0 Å². The molecule has 2 aromatic carbocycles. The Labute approximate surface area is 163 Å². The van der Waals surface area contributed by atoms with Gasteiger partial charge >= 0.3 is 0 Å². The number of hydrogen-bond donors (Lipinski definition) is 0. The molecule has 1 aliphatic heterocycles. The van der Waals surface area contributed by atoms with Crippen LogP contribution in [-0.2, 0) is 16.3 Å². The monoisotopic (exact) mass is 419 g/mol. The van der Waals surface area contributed by atoms with Gasteiger partial charge in [0.15, 0.2) is 21.5 Å². The maximum absolute atomic E-state index is 13.8. The molecule has 0 amide bonds. The van der Waals surface area contributed by atoms with Crippen molar-refractivity contribution in [3.05, 3.63) is 65.5 Å². The Bertz CT molecular complexity index is 884. The molecule has 0 unspecified atom stereocenters. The van der Waals surface area contributed by atoms with Gasteiger partial charge in [-0.15, -0.1) is 12.4 Å². The van der Waals surface area contributed by atoms with Crippen molar-refractivity contribution in [2.75, 3.05) is 19.6 Å². The van der Waals surface area contributed by atoms with Gasteiger partial charge in [-0.05, 0) is 62.2 Å². The Balaban J connectivity index is 0.00000261. The fraction of sp³-hybridized carbons (Fsp3) is 0.368. The second-order valence-electron chi connectivity index (χ2n) is 6.51. The number of sulfone groups is 1. The molecule has 27 heavy (non-hydrogen) atoms. The van der Waals surface area contributed by atoms with E-state index in [1.165, 1.54) is 24.3 Å². The molecule has 0 N–H and O–H groups in total. The van der Waals surface area contributed by atoms with Crippen molar-refractivity contribution in [2.45, 2.75) is 29.4 Å². The molecule has 1 fully saturated rings. The SMILES string of the molecule is Cl.O=S(=O)(c1ccccc1F)C1CCN(CCc2ccc(F)c(F)c2)CC1. The first-order chi connectivity index (χ1) is 12.4. The second-order valence-corrected chi connectivity index (χ2v) is 8.71. The summed E-state index contributed by atoms with van der Waals surface area (Å²) in [5, 5.41) is -0.598. The van der Waals surface area contributed by atoms with Gasteiger partial charge in [0.1, 0.15) is 10.7 Å². The van der Waals surface area contributed by atoms with Gasteiger partial charge in [-0.25, -0.2) is 21.6 Å². The van der Waals surface area contributed by atoms with Gasteiger partial charge in [0.05, 0.1) is 5.25 Å². The second kappa shape index (κ2) is 9.08. The third kappa shape index (κ3) is 5.03. The van der Waals surface area contributed by atoms with Crippen LogP contribution in [0.5, 0.6) is 0 Å². The third-order valence-corrected chi connectivity index (χ3v) is 7.11. The van der Waals surface area contributed by atoms with Crippen molar-refractivity contribution in [1.29, 1.82) is 0 Å². The highest BCUT2D eigenvalue weighted by atomic mass is 35.5. The summed E-state index contributed by atoms with van der Waals surface area (Å²) in [6.07, 6.45) is 1.41. The highest BCUT2D eigenvalue weighted by Crippen LogP contribution is 2.26. The minimum Gasteiger partial charge on any atom is -0.303 e. The van der Waals surface area contributed by atoms with Crippen molar-refractivity contribution in [3.63, 3.8) is 0 Å². The number of likely N-dealkylation sites (tertiary alicyclic amines) is 1. The van der Waals surface area contributed by atoms with Crippen LogP contribution in [0.15, 0.2) is 47.4 Å². The number of nitrogens with zero attached hydrogens (tertiary/aromatic N) is 1. The van der Waals surface area contributed by atoms with Crippen LogP contribution >= 0.6 is 12.4 Å². The van der Waals surface area contributed by atoms with E-state index in [0.29, 0.717) is 44.5 Å². The predicted octanol–water partition coefficient (Wildman–Crippen LogP) is 4.01. The summed E-state index contributed by atoms with van der Waals surface area (Å²) < 4.78 is 65.3. The Kier molecular flexibility index (Phi) is 7.31. The standard InChI is InChI=1S/C19H20F3NO2S.ClH/c20-16-6-5-14(13-18(16)22)7-10-23-11-8-15(9-12-23)26(24,25)19-4-2-1-3-17(19)21;/h1-6,13,15H,7-12H2;1H. The lowest BCUT2D eigenvalue weighted by Crippen LogP contribution is -2.40. The molecule has 0 aliphatic carbocycles. The lowest BCUT2D eigenvalue weighted by Gasteiger charge is -2.31. The Hall–Kier alpha value is -1.57. The Morgan fingerprint density at radius 3 is 2.22 bits per heavy atom. The molecule has 0 saturated carbocycles. The molecule has 0 bridgehead atoms. The van der Waals surface area contributed by atoms with E-state index >= 15 is 0 Å². The van der Waals surface area contributed by atoms with Crippen LogP contribution in [0.1, 0.15) is 18.4 Å². The maximum atomic E-state index is 13.8. The lowest BCUT2D eigenvalue weighted by atomic mass is 10.1. The zero-order valence-corrected chi connectivity index (χ0v) is 16.2. The molecule has 1 heterocycles. The predicted molar refractivity (Wildman–Crippen MR) is 100 cm³/mol. The lowest BCUT2D eigenvalue weighted by molar-refractivity contribution is 0.232. The largest absolute Gasteiger partial charge is 0.303 e. The first-order valence-corrected chi connectivity index (χ1v) is 10.1. The fourth-order valence-electron chi connectivity index (χ4n) is 3.28. The van der Waals surface area contributed by atoms with E-state index in [4.69, 9.17) is 0 Å². The summed E-state index contributed by atoms with van der Waals surface area (Å²) in [6.45, 7) is 1.78. The number of hydrogen-bond acceptors (Lipinski definition) is 3. The summed E-state index contributed by atoms with van der Waals surface area (Å²) in [5.41, 5.74) is 0.699. The average molecular weight is 420 g/mol. The zero-order chi connectivity index (χ0) is 18.7. The first kappa shape index (κ1) is 21.7. The van der Waals surface area contributed by atoms with Gasteiger partial charge in [0, 0.05) is 6.54 Å². The highest BCUT2D eigenvalue weighted by Gasteiger charge is 2.32. The molecule has 0 aromatic heterocycles. The smallest absolute Gasteiger partial charge is 0.184 e. The topological polar surface area (TPSA) is 37.4 Å². The molecule has 2 aromatic rings. The van der Waals surface area contributed by atoms with Crippen molar-refractivity contribution in [3.8, 4) is 0 Å². The van der Waals surface area contributed by atoms with E-state index in [-0.39, 0.29) is 17.3 Å². The number of rotatable bonds is 5. The van der Waals surface area contributed by atoms with Crippen LogP contribution in [0, 0.1) is 17.5 Å². The van der Waals surface area contributed by atoms with Gasteiger partial charge in [-0.3, -0.25) is 0 Å². The average Bonchev–Trinajstić information content (AvgIpc) is 2.63. The minimum absolute atomic E-state index is 0. The van der Waals surface area contributed by atoms with Crippen molar-refractivity contribution < 1.29 is 21.6 Å². The van der Waals surface area contributed by atoms with Gasteiger partial charge in [0.2, 0.25) is 0 Å². The molecule has 1 aliphatic rings. The van der Waals surface area contributed by atoms with Crippen molar-refractivity contribution >= 4 is 22.2 Å². The molecular weight excluding hydrogens is 399 g/mol.